The summed E-state index contributed by atoms with van der Waals surface area (Å²) in [5.41, 5.74) is 1.01. The van der Waals surface area contributed by atoms with E-state index in [9.17, 15) is 4.79 Å². The zero-order valence-electron chi connectivity index (χ0n) is 10.8. The molecule has 1 amide bonds. The van der Waals surface area contributed by atoms with Gasteiger partial charge in [0.1, 0.15) is 0 Å². The molecule has 0 saturated heterocycles. The molecule has 0 aromatic carbocycles. The maximum absolute atomic E-state index is 11.7. The summed E-state index contributed by atoms with van der Waals surface area (Å²) in [5, 5.41) is 10.8. The number of rotatable bonds is 7. The molecule has 0 aliphatic heterocycles. The van der Waals surface area contributed by atoms with Gasteiger partial charge in [-0.1, -0.05) is 5.21 Å². The molecule has 96 valence electrons. The molecule has 0 spiro atoms. The molecule has 1 rings (SSSR count). The lowest BCUT2D eigenvalue weighted by Gasteiger charge is -2.18. The topological polar surface area (TPSA) is 63.1 Å². The first-order valence-electron chi connectivity index (χ1n) is 6.01. The van der Waals surface area contributed by atoms with Crippen LogP contribution in [0.25, 0.3) is 0 Å². The summed E-state index contributed by atoms with van der Waals surface area (Å²) < 4.78 is 1.72. The second kappa shape index (κ2) is 7.01. The predicted molar refractivity (Wildman–Crippen MR) is 65.3 cm³/mol. The summed E-state index contributed by atoms with van der Waals surface area (Å²) in [5.74, 6) is 0.200. The molecule has 1 heterocycles. The van der Waals surface area contributed by atoms with Crippen molar-refractivity contribution in [3.05, 3.63) is 11.9 Å². The molecule has 0 radical (unpaired) electrons. The number of hydrogen-bond donors (Lipinski definition) is 1. The summed E-state index contributed by atoms with van der Waals surface area (Å²) in [6.45, 7) is 6.92. The van der Waals surface area contributed by atoms with Crippen LogP contribution in [0.4, 0.5) is 0 Å². The second-order valence-corrected chi connectivity index (χ2v) is 3.84. The molecule has 1 aromatic heterocycles. The van der Waals surface area contributed by atoms with Crippen LogP contribution in [0.2, 0.25) is 0 Å². The van der Waals surface area contributed by atoms with Crippen LogP contribution in [0.3, 0.4) is 0 Å². The van der Waals surface area contributed by atoms with Gasteiger partial charge >= 0.3 is 0 Å². The van der Waals surface area contributed by atoms with Crippen LogP contribution in [0.15, 0.2) is 6.20 Å². The van der Waals surface area contributed by atoms with Gasteiger partial charge in [0.05, 0.1) is 11.9 Å². The standard InChI is InChI=1S/C11H21N5O/c1-4-16(5-2)11(17)6-7-12-8-10-9-13-14-15(10)3/h9,12H,4-8H2,1-3H3. The largest absolute Gasteiger partial charge is 0.343 e. The Bertz CT molecular complexity index is 345. The van der Waals surface area contributed by atoms with E-state index in [0.29, 0.717) is 19.5 Å². The van der Waals surface area contributed by atoms with Gasteiger partial charge in [0, 0.05) is 39.6 Å². The SMILES string of the molecule is CCN(CC)C(=O)CCNCc1cnnn1C. The van der Waals surface area contributed by atoms with Crippen LogP contribution in [0.1, 0.15) is 26.0 Å². The van der Waals surface area contributed by atoms with E-state index in [-0.39, 0.29) is 5.91 Å². The summed E-state index contributed by atoms with van der Waals surface area (Å²) in [4.78, 5) is 13.5. The van der Waals surface area contributed by atoms with Crippen molar-refractivity contribution in [1.29, 1.82) is 0 Å². The van der Waals surface area contributed by atoms with Crippen LogP contribution < -0.4 is 5.32 Å². The Hall–Kier alpha value is -1.43. The van der Waals surface area contributed by atoms with Gasteiger partial charge < -0.3 is 10.2 Å². The molecule has 0 atom stereocenters. The molecule has 6 heteroatoms. The lowest BCUT2D eigenvalue weighted by molar-refractivity contribution is -0.130. The van der Waals surface area contributed by atoms with Crippen molar-refractivity contribution in [1.82, 2.24) is 25.2 Å². The fourth-order valence-corrected chi connectivity index (χ4v) is 1.62. The van der Waals surface area contributed by atoms with Crippen molar-refractivity contribution >= 4 is 5.91 Å². The van der Waals surface area contributed by atoms with Gasteiger partial charge in [-0.3, -0.25) is 9.48 Å². The minimum absolute atomic E-state index is 0.200. The van der Waals surface area contributed by atoms with E-state index in [1.165, 1.54) is 0 Å². The van der Waals surface area contributed by atoms with E-state index >= 15 is 0 Å². The molecule has 0 aliphatic rings. The van der Waals surface area contributed by atoms with E-state index in [1.54, 1.807) is 10.9 Å². The van der Waals surface area contributed by atoms with Crippen LogP contribution in [-0.4, -0.2) is 45.4 Å². The smallest absolute Gasteiger partial charge is 0.223 e. The van der Waals surface area contributed by atoms with Gasteiger partial charge in [-0.25, -0.2) is 0 Å². The Labute approximate surface area is 102 Å². The number of aromatic nitrogens is 3. The van der Waals surface area contributed by atoms with Gasteiger partial charge in [-0.15, -0.1) is 5.10 Å². The van der Waals surface area contributed by atoms with Crippen molar-refractivity contribution in [3.8, 4) is 0 Å². The number of aryl methyl sites for hydroxylation is 1. The number of amides is 1. The van der Waals surface area contributed by atoms with Crippen molar-refractivity contribution in [3.63, 3.8) is 0 Å². The molecule has 17 heavy (non-hydrogen) atoms. The van der Waals surface area contributed by atoms with Crippen LogP contribution in [-0.2, 0) is 18.4 Å². The van der Waals surface area contributed by atoms with Crippen molar-refractivity contribution in [2.24, 2.45) is 7.05 Å². The molecule has 1 N–H and O–H groups in total. The first kappa shape index (κ1) is 13.6. The third-order valence-electron chi connectivity index (χ3n) is 2.75. The highest BCUT2D eigenvalue weighted by Crippen LogP contribution is 1.95. The number of nitrogens with zero attached hydrogens (tertiary/aromatic N) is 4. The van der Waals surface area contributed by atoms with Gasteiger partial charge in [0.15, 0.2) is 0 Å². The van der Waals surface area contributed by atoms with Gasteiger partial charge in [0.2, 0.25) is 5.91 Å². The molecule has 0 fully saturated rings. The minimum atomic E-state index is 0.200. The molecule has 0 saturated carbocycles. The summed E-state index contributed by atoms with van der Waals surface area (Å²) in [7, 11) is 1.85. The molecule has 0 bridgehead atoms. The average Bonchev–Trinajstić information content (AvgIpc) is 2.72. The van der Waals surface area contributed by atoms with E-state index in [1.807, 2.05) is 25.8 Å². The minimum Gasteiger partial charge on any atom is -0.343 e. The second-order valence-electron chi connectivity index (χ2n) is 3.84. The van der Waals surface area contributed by atoms with Crippen LogP contribution in [0, 0.1) is 0 Å². The van der Waals surface area contributed by atoms with E-state index < -0.39 is 0 Å². The van der Waals surface area contributed by atoms with Crippen molar-refractivity contribution < 1.29 is 4.79 Å². The molecule has 6 nitrogen and oxygen atoms in total. The van der Waals surface area contributed by atoms with Gasteiger partial charge in [-0.05, 0) is 13.8 Å². The normalized spacial score (nSPS) is 10.5. The van der Waals surface area contributed by atoms with E-state index in [0.717, 1.165) is 18.8 Å². The molecular formula is C11H21N5O. The van der Waals surface area contributed by atoms with Gasteiger partial charge in [-0.2, -0.15) is 0 Å². The fourth-order valence-electron chi connectivity index (χ4n) is 1.62. The van der Waals surface area contributed by atoms with E-state index in [2.05, 4.69) is 15.6 Å². The first-order valence-corrected chi connectivity index (χ1v) is 6.01. The third-order valence-corrected chi connectivity index (χ3v) is 2.75. The van der Waals surface area contributed by atoms with E-state index in [4.69, 9.17) is 0 Å². The van der Waals surface area contributed by atoms with Crippen LogP contribution in [0.5, 0.6) is 0 Å². The number of carbonyl (C=O) groups is 1. The highest BCUT2D eigenvalue weighted by atomic mass is 16.2. The van der Waals surface area contributed by atoms with Crippen molar-refractivity contribution in [2.45, 2.75) is 26.8 Å². The Balaban J connectivity index is 2.20. The number of carbonyl (C=O) groups excluding carboxylic acids is 1. The molecule has 0 unspecified atom stereocenters. The predicted octanol–water partition coefficient (Wildman–Crippen LogP) is 0.163. The lowest BCUT2D eigenvalue weighted by atomic mass is 10.3. The molecule has 1 aromatic rings. The average molecular weight is 239 g/mol. The Morgan fingerprint density at radius 3 is 2.71 bits per heavy atom. The first-order chi connectivity index (χ1) is 8.19. The summed E-state index contributed by atoms with van der Waals surface area (Å²) >= 11 is 0. The quantitative estimate of drug-likeness (QED) is 0.689. The highest BCUT2D eigenvalue weighted by molar-refractivity contribution is 5.76. The zero-order chi connectivity index (χ0) is 12.7. The summed E-state index contributed by atoms with van der Waals surface area (Å²) in [6, 6.07) is 0. The fraction of sp³-hybridized carbons (Fsp3) is 0.727. The van der Waals surface area contributed by atoms with Crippen LogP contribution >= 0.6 is 0 Å². The maximum atomic E-state index is 11.7. The maximum Gasteiger partial charge on any atom is 0.223 e. The Kier molecular flexibility index (Phi) is 5.62. The number of hydrogen-bond acceptors (Lipinski definition) is 4. The highest BCUT2D eigenvalue weighted by Gasteiger charge is 2.08. The molecular weight excluding hydrogens is 218 g/mol. The molecule has 0 aliphatic carbocycles. The Morgan fingerprint density at radius 1 is 1.47 bits per heavy atom. The Morgan fingerprint density at radius 2 is 2.18 bits per heavy atom. The summed E-state index contributed by atoms with van der Waals surface area (Å²) in [6.07, 6.45) is 2.26. The van der Waals surface area contributed by atoms with Crippen molar-refractivity contribution in [2.75, 3.05) is 19.6 Å². The zero-order valence-corrected chi connectivity index (χ0v) is 10.8. The lowest BCUT2D eigenvalue weighted by Crippen LogP contribution is -2.32. The monoisotopic (exact) mass is 239 g/mol. The number of nitrogens with one attached hydrogen (secondary N) is 1. The van der Waals surface area contributed by atoms with Gasteiger partial charge in [0.25, 0.3) is 0 Å². The third kappa shape index (κ3) is 4.14.